The molecule has 0 saturated carbocycles. The second kappa shape index (κ2) is 5.28. The molecule has 0 amide bonds. The fourth-order valence-electron chi connectivity index (χ4n) is 2.53. The summed E-state index contributed by atoms with van der Waals surface area (Å²) in [6.45, 7) is 3.03. The van der Waals surface area contributed by atoms with Crippen LogP contribution in [0.1, 0.15) is 16.1 Å². The molecule has 2 aromatic rings. The molecule has 0 spiro atoms. The molecule has 0 fully saturated rings. The number of nitrogens with zero attached hydrogens (tertiary/aromatic N) is 4. The van der Waals surface area contributed by atoms with Crippen LogP contribution in [0, 0.1) is 17.0 Å². The summed E-state index contributed by atoms with van der Waals surface area (Å²) < 4.78 is 0. The molecule has 110 valence electrons. The highest BCUT2D eigenvalue weighted by Gasteiger charge is 2.28. The lowest BCUT2D eigenvalue weighted by Gasteiger charge is -2.28. The molecular weight excluding hydrogens is 290 g/mol. The van der Waals surface area contributed by atoms with E-state index < -0.39 is 4.92 Å². The van der Waals surface area contributed by atoms with Crippen LogP contribution in [-0.2, 0) is 13.0 Å². The lowest BCUT2D eigenvalue weighted by atomic mass is 10.1. The number of fused-ring (bicyclic) bond motifs is 1. The van der Waals surface area contributed by atoms with E-state index in [9.17, 15) is 10.1 Å². The standard InChI is InChI=1S/C13H15N5O2S/c1-8-11(18(19)20)12(16-13(14-2)15-8)17-5-3-10-9(7-17)4-6-21-10/h4,6H,3,5,7H2,1-2H3,(H,14,15,16). The highest BCUT2D eigenvalue weighted by molar-refractivity contribution is 7.10. The number of hydrogen-bond donors (Lipinski definition) is 1. The normalized spacial score (nSPS) is 13.9. The fourth-order valence-corrected chi connectivity index (χ4v) is 3.42. The molecule has 3 heterocycles. The predicted molar refractivity (Wildman–Crippen MR) is 82.0 cm³/mol. The largest absolute Gasteiger partial charge is 0.357 e. The third-order valence-electron chi connectivity index (χ3n) is 3.55. The Morgan fingerprint density at radius 3 is 3.00 bits per heavy atom. The Balaban J connectivity index is 2.05. The first-order valence-corrected chi connectivity index (χ1v) is 7.49. The predicted octanol–water partition coefficient (Wildman–Crippen LogP) is 2.36. The van der Waals surface area contributed by atoms with Crippen LogP contribution >= 0.6 is 11.3 Å². The highest BCUT2D eigenvalue weighted by Crippen LogP contribution is 2.34. The number of anilines is 2. The first-order chi connectivity index (χ1) is 10.1. The summed E-state index contributed by atoms with van der Waals surface area (Å²) in [5, 5.41) is 16.3. The van der Waals surface area contributed by atoms with Gasteiger partial charge in [0.2, 0.25) is 11.8 Å². The minimum atomic E-state index is -0.396. The minimum Gasteiger partial charge on any atom is -0.357 e. The molecule has 1 N–H and O–H groups in total. The topological polar surface area (TPSA) is 84.2 Å². The average molecular weight is 305 g/mol. The number of aryl methyl sites for hydroxylation is 1. The Morgan fingerprint density at radius 1 is 1.48 bits per heavy atom. The number of nitrogens with one attached hydrogen (secondary N) is 1. The Labute approximate surface area is 125 Å². The van der Waals surface area contributed by atoms with E-state index in [1.54, 1.807) is 25.3 Å². The van der Waals surface area contributed by atoms with Crippen molar-refractivity contribution >= 4 is 28.8 Å². The van der Waals surface area contributed by atoms with Gasteiger partial charge in [-0.15, -0.1) is 11.3 Å². The maximum Gasteiger partial charge on any atom is 0.332 e. The molecule has 2 aromatic heterocycles. The zero-order valence-corrected chi connectivity index (χ0v) is 12.6. The Morgan fingerprint density at radius 2 is 2.29 bits per heavy atom. The molecule has 0 atom stereocenters. The van der Waals surface area contributed by atoms with Crippen LogP contribution in [0.5, 0.6) is 0 Å². The van der Waals surface area contributed by atoms with Gasteiger partial charge in [0.1, 0.15) is 5.69 Å². The molecule has 0 unspecified atom stereocenters. The molecule has 0 aliphatic carbocycles. The summed E-state index contributed by atoms with van der Waals surface area (Å²) in [5.74, 6) is 0.804. The third kappa shape index (κ3) is 2.42. The number of aromatic nitrogens is 2. The fraction of sp³-hybridized carbons (Fsp3) is 0.385. The summed E-state index contributed by atoms with van der Waals surface area (Å²) in [7, 11) is 1.71. The zero-order valence-electron chi connectivity index (χ0n) is 11.8. The first-order valence-electron chi connectivity index (χ1n) is 6.61. The Hall–Kier alpha value is -2.22. The van der Waals surface area contributed by atoms with E-state index in [1.165, 1.54) is 10.4 Å². The molecule has 0 saturated heterocycles. The van der Waals surface area contributed by atoms with Gasteiger partial charge in [-0.1, -0.05) is 0 Å². The van der Waals surface area contributed by atoms with Crippen LogP contribution < -0.4 is 10.2 Å². The quantitative estimate of drug-likeness (QED) is 0.692. The van der Waals surface area contributed by atoms with Crippen molar-refractivity contribution < 1.29 is 4.92 Å². The van der Waals surface area contributed by atoms with Crippen LogP contribution in [0.2, 0.25) is 0 Å². The average Bonchev–Trinajstić information content (AvgIpc) is 2.93. The number of thiophene rings is 1. The molecule has 7 nitrogen and oxygen atoms in total. The molecule has 21 heavy (non-hydrogen) atoms. The van der Waals surface area contributed by atoms with Crippen molar-refractivity contribution in [3.63, 3.8) is 0 Å². The van der Waals surface area contributed by atoms with Crippen molar-refractivity contribution in [2.24, 2.45) is 0 Å². The summed E-state index contributed by atoms with van der Waals surface area (Å²) in [5.41, 5.74) is 1.60. The van der Waals surface area contributed by atoms with E-state index in [-0.39, 0.29) is 5.69 Å². The highest BCUT2D eigenvalue weighted by atomic mass is 32.1. The van der Waals surface area contributed by atoms with E-state index in [0.29, 0.717) is 24.0 Å². The summed E-state index contributed by atoms with van der Waals surface area (Å²) >= 11 is 1.74. The van der Waals surface area contributed by atoms with Gasteiger partial charge in [0, 0.05) is 25.0 Å². The van der Waals surface area contributed by atoms with E-state index in [2.05, 4.69) is 26.7 Å². The number of hydrogen-bond acceptors (Lipinski definition) is 7. The van der Waals surface area contributed by atoms with E-state index in [0.717, 1.165) is 13.0 Å². The molecular formula is C13H15N5O2S. The monoisotopic (exact) mass is 305 g/mol. The Kier molecular flexibility index (Phi) is 3.46. The van der Waals surface area contributed by atoms with Crippen molar-refractivity contribution in [2.75, 3.05) is 23.8 Å². The second-order valence-corrected chi connectivity index (χ2v) is 5.85. The molecule has 3 rings (SSSR count). The van der Waals surface area contributed by atoms with Crippen molar-refractivity contribution in [3.05, 3.63) is 37.7 Å². The summed E-state index contributed by atoms with van der Waals surface area (Å²) in [4.78, 5) is 22.7. The Bertz CT molecular complexity index is 700. The maximum absolute atomic E-state index is 11.4. The molecule has 1 aliphatic heterocycles. The van der Waals surface area contributed by atoms with Gasteiger partial charge in [-0.25, -0.2) is 4.98 Å². The van der Waals surface area contributed by atoms with Gasteiger partial charge in [-0.2, -0.15) is 4.98 Å². The van der Waals surface area contributed by atoms with Gasteiger partial charge in [-0.3, -0.25) is 10.1 Å². The van der Waals surface area contributed by atoms with E-state index in [4.69, 9.17) is 0 Å². The summed E-state index contributed by atoms with van der Waals surface area (Å²) in [6.07, 6.45) is 0.891. The minimum absolute atomic E-state index is 0.00678. The van der Waals surface area contributed by atoms with Crippen molar-refractivity contribution in [1.82, 2.24) is 9.97 Å². The smallest absolute Gasteiger partial charge is 0.332 e. The van der Waals surface area contributed by atoms with Crippen LogP contribution in [0.15, 0.2) is 11.4 Å². The lowest BCUT2D eigenvalue weighted by molar-refractivity contribution is -0.385. The molecule has 1 aliphatic rings. The first kappa shape index (κ1) is 13.7. The van der Waals surface area contributed by atoms with E-state index >= 15 is 0 Å². The zero-order chi connectivity index (χ0) is 15.0. The van der Waals surface area contributed by atoms with Gasteiger partial charge >= 0.3 is 5.69 Å². The molecule has 8 heteroatoms. The van der Waals surface area contributed by atoms with Crippen molar-refractivity contribution in [2.45, 2.75) is 19.9 Å². The summed E-state index contributed by atoms with van der Waals surface area (Å²) in [6, 6.07) is 2.07. The maximum atomic E-state index is 11.4. The van der Waals surface area contributed by atoms with Crippen LogP contribution in [0.3, 0.4) is 0 Å². The van der Waals surface area contributed by atoms with Gasteiger partial charge < -0.3 is 10.2 Å². The molecule has 0 bridgehead atoms. The van der Waals surface area contributed by atoms with E-state index in [1.807, 2.05) is 4.90 Å². The van der Waals surface area contributed by atoms with Gasteiger partial charge in [-0.05, 0) is 30.4 Å². The van der Waals surface area contributed by atoms with Crippen molar-refractivity contribution in [1.29, 1.82) is 0 Å². The lowest BCUT2D eigenvalue weighted by Crippen LogP contribution is -2.31. The van der Waals surface area contributed by atoms with Gasteiger partial charge in [0.15, 0.2) is 0 Å². The SMILES string of the molecule is CNc1nc(C)c([N+](=O)[O-])c(N2CCc3sccc3C2)n1. The van der Waals surface area contributed by atoms with Crippen molar-refractivity contribution in [3.8, 4) is 0 Å². The second-order valence-electron chi connectivity index (χ2n) is 4.85. The van der Waals surface area contributed by atoms with Gasteiger partial charge in [0.05, 0.1) is 4.92 Å². The molecule has 0 radical (unpaired) electrons. The number of nitro groups is 1. The van der Waals surface area contributed by atoms with Crippen LogP contribution in [0.25, 0.3) is 0 Å². The van der Waals surface area contributed by atoms with Gasteiger partial charge in [0.25, 0.3) is 0 Å². The molecule has 0 aromatic carbocycles. The third-order valence-corrected chi connectivity index (χ3v) is 4.58. The number of rotatable bonds is 3. The van der Waals surface area contributed by atoms with Crippen LogP contribution in [0.4, 0.5) is 17.5 Å². The van der Waals surface area contributed by atoms with Crippen LogP contribution in [-0.4, -0.2) is 28.5 Å².